The number of anilines is 8. The molecule has 0 aliphatic rings. The normalized spacial score (nSPS) is 11.4. The first-order chi connectivity index (χ1) is 38.2. The Morgan fingerprint density at radius 1 is 0.234 bits per heavy atom. The number of fused-ring (bicyclic) bond motifs is 6. The van der Waals surface area contributed by atoms with E-state index < -0.39 is 0 Å². The van der Waals surface area contributed by atoms with Crippen molar-refractivity contribution in [2.45, 2.75) is 0 Å². The zero-order valence-electron chi connectivity index (χ0n) is 42.2. The van der Waals surface area contributed by atoms with Crippen LogP contribution in [0.4, 0.5) is 45.5 Å². The number of hydrogen-bond acceptors (Lipinski definition) is 3. The minimum absolute atomic E-state index is 0.987. The molecule has 0 aliphatic carbocycles. The van der Waals surface area contributed by atoms with Crippen LogP contribution in [-0.2, 0) is 0 Å². The maximum atomic E-state index is 4.13. The first-order valence-corrected chi connectivity index (χ1v) is 26.3. The van der Waals surface area contributed by atoms with Gasteiger partial charge in [0.2, 0.25) is 0 Å². The molecule has 14 aromatic rings. The first-order valence-electron chi connectivity index (χ1n) is 26.3. The van der Waals surface area contributed by atoms with Gasteiger partial charge in [0.25, 0.3) is 0 Å². The van der Waals surface area contributed by atoms with Crippen LogP contribution in [-0.4, -0.2) is 9.13 Å². The van der Waals surface area contributed by atoms with Crippen molar-refractivity contribution in [1.82, 2.24) is 9.13 Å². The zero-order chi connectivity index (χ0) is 51.1. The van der Waals surface area contributed by atoms with Crippen molar-refractivity contribution in [2.24, 2.45) is 0 Å². The van der Waals surface area contributed by atoms with Crippen LogP contribution in [0.25, 0.3) is 77.2 Å². The van der Waals surface area contributed by atoms with E-state index in [1.165, 1.54) is 21.5 Å². The Hall–Kier alpha value is -10.4. The molecule has 0 bridgehead atoms. The van der Waals surface area contributed by atoms with Crippen LogP contribution in [0.5, 0.6) is 0 Å². The average molecular weight is 986 g/mol. The van der Waals surface area contributed by atoms with Gasteiger partial charge in [-0.1, -0.05) is 182 Å². The standard InChI is InChI=1S/C72H51N5/c1-7-27-51(28-8-1)74(52-29-9-2-10-30-52)57-47-63(71-65(49-57)61-41-21-25-45-69(61)76(71)55-35-15-5-16-36-55)59-39-19-23-43-67(59)73-68-44-24-20-40-60(68)64-48-58(75(53-31-11-3-12-32-53)54-33-13-4-14-34-54)50-66-62-42-22-26-46-70(62)77(72(64)66)56-37-17-6-18-38-56/h1-50,73H. The summed E-state index contributed by atoms with van der Waals surface area (Å²) in [5.41, 5.74) is 19.5. The van der Waals surface area contributed by atoms with Gasteiger partial charge in [0, 0.05) is 101 Å². The molecule has 0 amide bonds. The van der Waals surface area contributed by atoms with Crippen molar-refractivity contribution < 1.29 is 0 Å². The maximum absolute atomic E-state index is 4.13. The van der Waals surface area contributed by atoms with Crippen LogP contribution >= 0.6 is 0 Å². The molecule has 14 rings (SSSR count). The lowest BCUT2D eigenvalue weighted by atomic mass is 9.96. The van der Waals surface area contributed by atoms with Crippen LogP contribution in [0.1, 0.15) is 0 Å². The quantitative estimate of drug-likeness (QED) is 0.132. The Kier molecular flexibility index (Phi) is 11.5. The molecule has 5 heteroatoms. The number of para-hydroxylation sites is 10. The summed E-state index contributed by atoms with van der Waals surface area (Å²) in [6.07, 6.45) is 0. The molecule has 5 nitrogen and oxygen atoms in total. The van der Waals surface area contributed by atoms with Crippen LogP contribution < -0.4 is 15.1 Å². The van der Waals surface area contributed by atoms with Gasteiger partial charge in [0.05, 0.1) is 22.1 Å². The fourth-order valence-corrected chi connectivity index (χ4v) is 11.5. The molecule has 0 saturated heterocycles. The second-order valence-electron chi connectivity index (χ2n) is 19.4. The number of aromatic nitrogens is 2. The monoisotopic (exact) mass is 985 g/mol. The minimum atomic E-state index is 0.987. The van der Waals surface area contributed by atoms with Crippen molar-refractivity contribution in [3.63, 3.8) is 0 Å². The molecule has 12 aromatic carbocycles. The summed E-state index contributed by atoms with van der Waals surface area (Å²) in [4.78, 5) is 4.75. The lowest BCUT2D eigenvalue weighted by Crippen LogP contribution is -2.10. The Labute approximate surface area is 448 Å². The highest BCUT2D eigenvalue weighted by Crippen LogP contribution is 2.49. The fraction of sp³-hybridized carbons (Fsp3) is 0. The minimum Gasteiger partial charge on any atom is -0.355 e. The summed E-state index contributed by atoms with van der Waals surface area (Å²) in [7, 11) is 0. The summed E-state index contributed by atoms with van der Waals surface area (Å²) in [6, 6.07) is 109. The molecule has 2 heterocycles. The van der Waals surface area contributed by atoms with Gasteiger partial charge >= 0.3 is 0 Å². The molecular formula is C72H51N5. The van der Waals surface area contributed by atoms with Gasteiger partial charge < -0.3 is 24.3 Å². The largest absolute Gasteiger partial charge is 0.355 e. The molecule has 0 saturated carbocycles. The lowest BCUT2D eigenvalue weighted by molar-refractivity contribution is 1.18. The predicted octanol–water partition coefficient (Wildman–Crippen LogP) is 19.9. The van der Waals surface area contributed by atoms with Crippen molar-refractivity contribution in [1.29, 1.82) is 0 Å². The van der Waals surface area contributed by atoms with Crippen molar-refractivity contribution in [3.05, 3.63) is 303 Å². The molecule has 77 heavy (non-hydrogen) atoms. The maximum Gasteiger partial charge on any atom is 0.0621 e. The molecule has 0 unspecified atom stereocenters. The van der Waals surface area contributed by atoms with Gasteiger partial charge in [-0.2, -0.15) is 0 Å². The number of nitrogens with one attached hydrogen (secondary N) is 1. The van der Waals surface area contributed by atoms with Crippen molar-refractivity contribution in [3.8, 4) is 33.6 Å². The summed E-state index contributed by atoms with van der Waals surface area (Å²) < 4.78 is 4.89. The van der Waals surface area contributed by atoms with Crippen LogP contribution in [0.2, 0.25) is 0 Å². The van der Waals surface area contributed by atoms with Crippen molar-refractivity contribution in [2.75, 3.05) is 15.1 Å². The van der Waals surface area contributed by atoms with E-state index in [1.54, 1.807) is 0 Å². The predicted molar refractivity (Wildman–Crippen MR) is 325 cm³/mol. The second-order valence-corrected chi connectivity index (χ2v) is 19.4. The molecule has 0 radical (unpaired) electrons. The summed E-state index contributed by atoms with van der Waals surface area (Å²) in [5.74, 6) is 0. The van der Waals surface area contributed by atoms with E-state index in [0.717, 1.165) is 101 Å². The van der Waals surface area contributed by atoms with Crippen LogP contribution in [0.3, 0.4) is 0 Å². The summed E-state index contributed by atoms with van der Waals surface area (Å²) in [5, 5.41) is 8.83. The highest BCUT2D eigenvalue weighted by atomic mass is 15.2. The SMILES string of the molecule is c1ccc(N(c2ccccc2)c2cc(-c3ccccc3Nc3ccccc3-c3cc(N(c4ccccc4)c4ccccc4)cc4c5ccccc5n(-c5ccccc5)c34)c3c(c2)c2ccccc2n3-c2ccccc2)cc1. The van der Waals surface area contributed by atoms with Crippen molar-refractivity contribution >= 4 is 89.1 Å². The Balaban J connectivity index is 1.03. The fourth-order valence-electron chi connectivity index (χ4n) is 11.5. The highest BCUT2D eigenvalue weighted by molar-refractivity contribution is 6.18. The summed E-state index contributed by atoms with van der Waals surface area (Å²) in [6.45, 7) is 0. The lowest BCUT2D eigenvalue weighted by Gasteiger charge is -2.27. The molecular weight excluding hydrogens is 935 g/mol. The number of benzene rings is 12. The van der Waals surface area contributed by atoms with Gasteiger partial charge in [-0.15, -0.1) is 0 Å². The van der Waals surface area contributed by atoms with E-state index in [1.807, 2.05) is 0 Å². The van der Waals surface area contributed by atoms with E-state index in [2.05, 4.69) is 328 Å². The Morgan fingerprint density at radius 3 is 0.896 bits per heavy atom. The van der Waals surface area contributed by atoms with Gasteiger partial charge in [-0.05, 0) is 121 Å². The zero-order valence-corrected chi connectivity index (χ0v) is 42.2. The Bertz CT molecular complexity index is 4030. The molecule has 0 spiro atoms. The van der Waals surface area contributed by atoms with Crippen LogP contribution in [0, 0.1) is 0 Å². The van der Waals surface area contributed by atoms with E-state index in [-0.39, 0.29) is 0 Å². The number of rotatable bonds is 12. The number of nitrogens with zero attached hydrogens (tertiary/aromatic N) is 4. The molecule has 0 atom stereocenters. The van der Waals surface area contributed by atoms with Gasteiger partial charge in [0.1, 0.15) is 0 Å². The molecule has 1 N–H and O–H groups in total. The van der Waals surface area contributed by atoms with Gasteiger partial charge in [-0.3, -0.25) is 0 Å². The van der Waals surface area contributed by atoms with Gasteiger partial charge in [0.15, 0.2) is 0 Å². The molecule has 0 fully saturated rings. The Morgan fingerprint density at radius 2 is 0.532 bits per heavy atom. The van der Waals surface area contributed by atoms with Gasteiger partial charge in [-0.25, -0.2) is 0 Å². The van der Waals surface area contributed by atoms with E-state index in [4.69, 9.17) is 0 Å². The average Bonchev–Trinajstić information content (AvgIpc) is 4.07. The third-order valence-corrected chi connectivity index (χ3v) is 14.8. The summed E-state index contributed by atoms with van der Waals surface area (Å²) >= 11 is 0. The third-order valence-electron chi connectivity index (χ3n) is 14.8. The molecule has 2 aromatic heterocycles. The molecule has 364 valence electrons. The van der Waals surface area contributed by atoms with E-state index in [9.17, 15) is 0 Å². The van der Waals surface area contributed by atoms with E-state index >= 15 is 0 Å². The highest BCUT2D eigenvalue weighted by Gasteiger charge is 2.25. The number of hydrogen-bond donors (Lipinski definition) is 1. The smallest absolute Gasteiger partial charge is 0.0621 e. The van der Waals surface area contributed by atoms with E-state index in [0.29, 0.717) is 0 Å². The third kappa shape index (κ3) is 8.06. The first kappa shape index (κ1) is 45.3. The van der Waals surface area contributed by atoms with Crippen LogP contribution in [0.15, 0.2) is 303 Å². The molecule has 0 aliphatic heterocycles. The topological polar surface area (TPSA) is 28.4 Å². The second kappa shape index (κ2) is 19.5.